The van der Waals surface area contributed by atoms with E-state index in [1.54, 1.807) is 0 Å². The van der Waals surface area contributed by atoms with E-state index in [1.165, 1.54) is 44.9 Å². The third-order valence-corrected chi connectivity index (χ3v) is 5.87. The third kappa shape index (κ3) is 10.2. The lowest BCUT2D eigenvalue weighted by molar-refractivity contribution is -0.518. The molecule has 1 spiro atoms. The molecular weight excluding hydrogens is 358 g/mol. The van der Waals surface area contributed by atoms with Gasteiger partial charge in [0, 0.05) is 19.3 Å². The van der Waals surface area contributed by atoms with Gasteiger partial charge in [-0.15, -0.1) is 0 Å². The van der Waals surface area contributed by atoms with Gasteiger partial charge in [0.15, 0.2) is 0 Å². The number of nitrogens with two attached hydrogens (primary N) is 1. The number of primary amides is 1. The second-order valence-corrected chi connectivity index (χ2v) is 8.51. The van der Waals surface area contributed by atoms with Crippen molar-refractivity contribution in [1.82, 2.24) is 0 Å². The maximum absolute atomic E-state index is 10.8. The van der Waals surface area contributed by atoms with E-state index in [0.29, 0.717) is 13.0 Å². The topological polar surface area (TPSA) is 80.0 Å². The number of carbonyl (C=O) groups excluding carboxylic acids is 1. The lowest BCUT2D eigenvalue weighted by Crippen LogP contribution is -2.37. The first-order valence-corrected chi connectivity index (χ1v) is 11.6. The van der Waals surface area contributed by atoms with E-state index in [4.69, 9.17) is 25.3 Å². The van der Waals surface area contributed by atoms with Gasteiger partial charge in [0.2, 0.25) is 11.7 Å². The Bertz CT molecular complexity index is 406. The highest BCUT2D eigenvalue weighted by atomic mass is 17.3. The van der Waals surface area contributed by atoms with Crippen LogP contribution in [0.2, 0.25) is 0 Å². The van der Waals surface area contributed by atoms with Gasteiger partial charge in [-0.3, -0.25) is 4.79 Å². The fourth-order valence-electron chi connectivity index (χ4n) is 4.09. The number of hydrogen-bond acceptors (Lipinski definition) is 5. The van der Waals surface area contributed by atoms with Gasteiger partial charge >= 0.3 is 0 Å². The van der Waals surface area contributed by atoms with Crippen LogP contribution in [0.15, 0.2) is 0 Å². The number of rotatable bonds is 6. The molecule has 1 amide bonds. The number of carbonyl (C=O) groups is 1. The highest BCUT2D eigenvalue weighted by Gasteiger charge is 2.36. The Hall–Kier alpha value is -0.690. The first kappa shape index (κ1) is 23.6. The molecule has 1 saturated carbocycles. The van der Waals surface area contributed by atoms with Gasteiger partial charge in [-0.2, -0.15) is 9.78 Å². The number of unbranched alkanes of at least 4 members (excludes halogenated alkanes) is 2. The van der Waals surface area contributed by atoms with Crippen molar-refractivity contribution in [3.63, 3.8) is 0 Å². The summed E-state index contributed by atoms with van der Waals surface area (Å²) in [4.78, 5) is 34.1. The monoisotopic (exact) mass is 399 g/mol. The molecule has 2 rings (SSSR count). The predicted molar refractivity (Wildman–Crippen MR) is 108 cm³/mol. The highest BCUT2D eigenvalue weighted by molar-refractivity contribution is 5.73. The minimum absolute atomic E-state index is 0.0529. The molecule has 1 saturated heterocycles. The fraction of sp³-hybridized carbons (Fsp3) is 0.955. The van der Waals surface area contributed by atoms with E-state index in [2.05, 4.69) is 0 Å². The molecule has 164 valence electrons. The Morgan fingerprint density at radius 3 is 2.11 bits per heavy atom. The van der Waals surface area contributed by atoms with Crippen molar-refractivity contribution in [2.24, 2.45) is 5.73 Å². The molecule has 1 atom stereocenters. The first-order valence-electron chi connectivity index (χ1n) is 11.6. The minimum atomic E-state index is -0.770. The van der Waals surface area contributed by atoms with Gasteiger partial charge in [-0.05, 0) is 38.5 Å². The van der Waals surface area contributed by atoms with Crippen LogP contribution in [0.4, 0.5) is 0 Å². The number of amides is 1. The molecule has 1 unspecified atom stereocenters. The Morgan fingerprint density at radius 1 is 0.821 bits per heavy atom. The standard InChI is InChI=1S/C22H41NO5/c23-21(24)16-10-8-9-14-20-15-13-19-25-27-22(28-26-20)17-11-6-4-2-1-3-5-7-12-18-22/h20H,1-19H2,(H2,23,24). The van der Waals surface area contributed by atoms with Gasteiger partial charge in [0.05, 0.1) is 12.7 Å². The largest absolute Gasteiger partial charge is 0.370 e. The van der Waals surface area contributed by atoms with Crippen LogP contribution in [0.5, 0.6) is 0 Å². The molecule has 6 heteroatoms. The van der Waals surface area contributed by atoms with Crippen molar-refractivity contribution in [1.29, 1.82) is 0 Å². The summed E-state index contributed by atoms with van der Waals surface area (Å²) in [6.45, 7) is 0.576. The van der Waals surface area contributed by atoms with Crippen LogP contribution in [0.3, 0.4) is 0 Å². The van der Waals surface area contributed by atoms with Crippen molar-refractivity contribution in [3.8, 4) is 0 Å². The van der Waals surface area contributed by atoms with Gasteiger partial charge < -0.3 is 5.73 Å². The lowest BCUT2D eigenvalue weighted by Gasteiger charge is -2.31. The van der Waals surface area contributed by atoms with Crippen molar-refractivity contribution in [3.05, 3.63) is 0 Å². The zero-order valence-corrected chi connectivity index (χ0v) is 17.6. The molecule has 2 fully saturated rings. The van der Waals surface area contributed by atoms with Crippen LogP contribution in [0.1, 0.15) is 116 Å². The lowest BCUT2D eigenvalue weighted by atomic mass is 9.97. The van der Waals surface area contributed by atoms with Crippen LogP contribution in [-0.4, -0.2) is 24.4 Å². The normalized spacial score (nSPS) is 25.6. The molecule has 6 nitrogen and oxygen atoms in total. The summed E-state index contributed by atoms with van der Waals surface area (Å²) in [5.41, 5.74) is 5.20. The van der Waals surface area contributed by atoms with E-state index in [0.717, 1.165) is 64.2 Å². The van der Waals surface area contributed by atoms with E-state index < -0.39 is 5.79 Å². The Balaban J connectivity index is 1.83. The van der Waals surface area contributed by atoms with Crippen molar-refractivity contribution < 1.29 is 24.3 Å². The van der Waals surface area contributed by atoms with Crippen LogP contribution in [0, 0.1) is 0 Å². The fourth-order valence-corrected chi connectivity index (χ4v) is 4.09. The second-order valence-electron chi connectivity index (χ2n) is 8.51. The van der Waals surface area contributed by atoms with Gasteiger partial charge in [-0.1, -0.05) is 57.8 Å². The zero-order chi connectivity index (χ0) is 19.9. The van der Waals surface area contributed by atoms with Crippen molar-refractivity contribution in [2.45, 2.75) is 127 Å². The molecule has 0 radical (unpaired) electrons. The molecular formula is C22H41NO5. The molecule has 1 aliphatic carbocycles. The average Bonchev–Trinajstić information content (AvgIpc) is 2.76. The molecule has 1 aliphatic heterocycles. The molecule has 2 aliphatic rings. The van der Waals surface area contributed by atoms with Crippen LogP contribution in [-0.2, 0) is 24.3 Å². The maximum Gasteiger partial charge on any atom is 0.233 e. The third-order valence-electron chi connectivity index (χ3n) is 5.87. The predicted octanol–water partition coefficient (Wildman–Crippen LogP) is 5.48. The molecule has 2 N–H and O–H groups in total. The van der Waals surface area contributed by atoms with Crippen molar-refractivity contribution >= 4 is 5.91 Å². The molecule has 0 aromatic heterocycles. The summed E-state index contributed by atoms with van der Waals surface area (Å²) in [6.07, 6.45) is 18.9. The highest BCUT2D eigenvalue weighted by Crippen LogP contribution is 2.32. The Kier molecular flexibility index (Phi) is 12.1. The smallest absolute Gasteiger partial charge is 0.233 e. The average molecular weight is 400 g/mol. The summed E-state index contributed by atoms with van der Waals surface area (Å²) in [5.74, 6) is -0.992. The van der Waals surface area contributed by atoms with Gasteiger partial charge in [0.25, 0.3) is 0 Å². The van der Waals surface area contributed by atoms with Crippen molar-refractivity contribution in [2.75, 3.05) is 6.61 Å². The minimum Gasteiger partial charge on any atom is -0.370 e. The SMILES string of the molecule is NC(=O)CCCCCC1CCCOOC2(CCCCCCCCCCC2)OO1. The van der Waals surface area contributed by atoms with E-state index >= 15 is 0 Å². The first-order chi connectivity index (χ1) is 13.7. The zero-order valence-electron chi connectivity index (χ0n) is 17.6. The van der Waals surface area contributed by atoms with Gasteiger partial charge in [0.1, 0.15) is 0 Å². The van der Waals surface area contributed by atoms with E-state index in [1.807, 2.05) is 0 Å². The van der Waals surface area contributed by atoms with Crippen LogP contribution >= 0.6 is 0 Å². The second kappa shape index (κ2) is 14.3. The Labute approximate surface area is 170 Å². The summed E-state index contributed by atoms with van der Waals surface area (Å²) < 4.78 is 0. The maximum atomic E-state index is 10.8. The van der Waals surface area contributed by atoms with E-state index in [9.17, 15) is 4.79 Å². The molecule has 28 heavy (non-hydrogen) atoms. The quantitative estimate of drug-likeness (QED) is 0.472. The molecule has 0 aromatic carbocycles. The van der Waals surface area contributed by atoms with Crippen LogP contribution in [0.25, 0.3) is 0 Å². The summed E-state index contributed by atoms with van der Waals surface area (Å²) in [6, 6.07) is 0. The summed E-state index contributed by atoms with van der Waals surface area (Å²) in [7, 11) is 0. The van der Waals surface area contributed by atoms with Crippen LogP contribution < -0.4 is 5.73 Å². The van der Waals surface area contributed by atoms with E-state index in [-0.39, 0.29) is 12.0 Å². The molecule has 0 bridgehead atoms. The molecule has 1 heterocycles. The molecule has 0 aromatic rings. The van der Waals surface area contributed by atoms with Gasteiger partial charge in [-0.25, -0.2) is 9.78 Å². The summed E-state index contributed by atoms with van der Waals surface area (Å²) in [5, 5.41) is 0. The number of hydrogen-bond donors (Lipinski definition) is 1. The summed E-state index contributed by atoms with van der Waals surface area (Å²) >= 11 is 0. The Morgan fingerprint density at radius 2 is 1.46 bits per heavy atom.